The Morgan fingerprint density at radius 2 is 2.33 bits per heavy atom. The van der Waals surface area contributed by atoms with Gasteiger partial charge in [-0.25, -0.2) is 0 Å². The molecule has 1 N–H and O–H groups in total. The molecule has 3 radical (unpaired) electrons. The molecule has 1 nitrogen and oxygen atoms in total. The minimum atomic E-state index is 1.49. The van der Waals surface area contributed by atoms with Crippen LogP contribution in [-0.4, -0.2) is 16.1 Å². The van der Waals surface area contributed by atoms with Crippen LogP contribution in [0.25, 0.3) is 0 Å². The molecule has 6 heavy (non-hydrogen) atoms. The van der Waals surface area contributed by atoms with E-state index in [1.807, 2.05) is 0 Å². The molecule has 0 unspecified atom stereocenters. The van der Waals surface area contributed by atoms with Crippen molar-refractivity contribution in [1.29, 1.82) is 5.41 Å². The fourth-order valence-electron chi connectivity index (χ4n) is 0.0962. The predicted molar refractivity (Wildman–Crippen MR) is 27.2 cm³/mol. The van der Waals surface area contributed by atoms with Crippen molar-refractivity contribution in [1.82, 2.24) is 0 Å². The molecule has 0 saturated heterocycles. The molecule has 0 heterocycles. The highest BCUT2D eigenvalue weighted by Crippen LogP contribution is 1.59. The second-order valence-corrected chi connectivity index (χ2v) is 1.00. The summed E-state index contributed by atoms with van der Waals surface area (Å²) in [5.41, 5.74) is 1.65. The van der Waals surface area contributed by atoms with Crippen LogP contribution in [0.15, 0.2) is 17.9 Å². The third-order valence-electron chi connectivity index (χ3n) is 0.276. The van der Waals surface area contributed by atoms with Gasteiger partial charge < -0.3 is 0 Å². The molecule has 2 heteroatoms. The zero-order valence-electron chi connectivity index (χ0n) is 3.23. The molecular weight excluding hydrogens is 90.1 g/mol. The Morgan fingerprint density at radius 1 is 1.67 bits per heavy atom. The summed E-state index contributed by atoms with van der Waals surface area (Å²) >= 11 is 0. The third kappa shape index (κ3) is 3.41. The summed E-state index contributed by atoms with van der Waals surface area (Å²) in [6, 6.07) is 0. The molecule has 0 spiro atoms. The minimum Gasteiger partial charge on any atom is -0.259 e. The van der Waals surface area contributed by atoms with E-state index in [0.717, 1.165) is 0 Å². The Morgan fingerprint density at radius 3 is 2.50 bits per heavy atom. The minimum absolute atomic E-state index is 1.49. The lowest BCUT2D eigenvalue weighted by Crippen LogP contribution is -1.48. The number of allylic oxidation sites excluding steroid dienone is 2. The molecule has 0 saturated carbocycles. The monoisotopic (exact) mass is 94.0 g/mol. The van der Waals surface area contributed by atoms with E-state index in [4.69, 9.17) is 5.41 Å². The molecule has 29 valence electrons. The van der Waals surface area contributed by atoms with E-state index in [1.165, 1.54) is 6.08 Å². The molecule has 0 aliphatic rings. The lowest BCUT2D eigenvalue weighted by Gasteiger charge is -1.55. The van der Waals surface area contributed by atoms with Gasteiger partial charge in [0.2, 0.25) is 0 Å². The number of nitrogens with one attached hydrogen (secondary N) is 1. The van der Waals surface area contributed by atoms with E-state index < -0.39 is 0 Å². The van der Waals surface area contributed by atoms with Gasteiger partial charge in [0, 0.05) is 0 Å². The van der Waals surface area contributed by atoms with Crippen molar-refractivity contribution in [2.75, 3.05) is 0 Å². The largest absolute Gasteiger partial charge is 0.259 e. The quantitative estimate of drug-likeness (QED) is 0.277. The van der Waals surface area contributed by atoms with Crippen LogP contribution in [-0.2, 0) is 0 Å². The first-order valence-electron chi connectivity index (χ1n) is 1.49. The average molecular weight is 94.2 g/mol. The standard InChI is InChI=1S/C4H4NSi/c5-3-1-2-4-6/h1-2,4-5H/b4-2+. The van der Waals surface area contributed by atoms with Gasteiger partial charge in [-0.15, -0.1) is 5.70 Å². The number of rotatable bonds is 1. The smallest absolute Gasteiger partial charge is 0.0601 e. The van der Waals surface area contributed by atoms with Crippen LogP contribution in [0.4, 0.5) is 0 Å². The molecular formula is C4H4NSi. The molecule has 0 aromatic rings. The van der Waals surface area contributed by atoms with E-state index in [0.29, 0.717) is 0 Å². The van der Waals surface area contributed by atoms with Crippen molar-refractivity contribution in [2.45, 2.75) is 0 Å². The molecule has 0 aromatic carbocycles. The Kier molecular flexibility index (Phi) is 3.97. The van der Waals surface area contributed by atoms with E-state index in [9.17, 15) is 0 Å². The maximum Gasteiger partial charge on any atom is 0.0601 e. The van der Waals surface area contributed by atoms with Crippen LogP contribution in [0.1, 0.15) is 0 Å². The maximum atomic E-state index is 6.33. The van der Waals surface area contributed by atoms with Gasteiger partial charge in [0.05, 0.1) is 10.2 Å². The fourth-order valence-corrected chi connectivity index (χ4v) is 0.192. The van der Waals surface area contributed by atoms with E-state index in [-0.39, 0.29) is 0 Å². The van der Waals surface area contributed by atoms with Crippen molar-refractivity contribution < 1.29 is 0 Å². The van der Waals surface area contributed by atoms with Crippen LogP contribution in [0.2, 0.25) is 0 Å². The lowest BCUT2D eigenvalue weighted by molar-refractivity contribution is 1.59. The third-order valence-corrected chi connectivity index (χ3v) is 0.468. The fraction of sp³-hybridized carbons (Fsp3) is 0. The topological polar surface area (TPSA) is 23.9 Å². The highest BCUT2D eigenvalue weighted by molar-refractivity contribution is 6.17. The number of hydrogen-bond acceptors (Lipinski definition) is 1. The van der Waals surface area contributed by atoms with Gasteiger partial charge in [0.25, 0.3) is 0 Å². The first kappa shape index (κ1) is 5.41. The van der Waals surface area contributed by atoms with Gasteiger partial charge in [-0.1, -0.05) is 6.08 Å². The second kappa shape index (κ2) is 4.41. The van der Waals surface area contributed by atoms with Crippen LogP contribution in [0.3, 0.4) is 0 Å². The Hall–Kier alpha value is -0.593. The van der Waals surface area contributed by atoms with Crippen LogP contribution in [0, 0.1) is 5.41 Å². The van der Waals surface area contributed by atoms with Crippen molar-refractivity contribution in [3.05, 3.63) is 17.9 Å². The molecule has 0 amide bonds. The van der Waals surface area contributed by atoms with Gasteiger partial charge >= 0.3 is 0 Å². The normalized spacial score (nSPS) is 8.17. The summed E-state index contributed by atoms with van der Waals surface area (Å²) in [5, 5.41) is 6.33. The van der Waals surface area contributed by atoms with Gasteiger partial charge in [0.1, 0.15) is 0 Å². The average Bonchev–Trinajstić information content (AvgIpc) is 1.61. The van der Waals surface area contributed by atoms with E-state index >= 15 is 0 Å². The first-order chi connectivity index (χ1) is 2.91. The van der Waals surface area contributed by atoms with Gasteiger partial charge in [0.15, 0.2) is 0 Å². The summed E-state index contributed by atoms with van der Waals surface area (Å²) in [4.78, 5) is 0. The maximum absolute atomic E-state index is 6.33. The summed E-state index contributed by atoms with van der Waals surface area (Å²) in [5.74, 6) is 2.08. The number of hydrogen-bond donors (Lipinski definition) is 1. The molecule has 0 bridgehead atoms. The highest BCUT2D eigenvalue weighted by atomic mass is 28.1. The summed E-state index contributed by atoms with van der Waals surface area (Å²) in [6.07, 6.45) is 3.16. The lowest BCUT2D eigenvalue weighted by atomic mass is 10.6. The predicted octanol–water partition coefficient (Wildman–Crippen LogP) is 0.473. The molecule has 0 fully saturated rings. The second-order valence-electron chi connectivity index (χ2n) is 0.670. The molecule has 0 atom stereocenters. The first-order valence-corrected chi connectivity index (χ1v) is 2.07. The van der Waals surface area contributed by atoms with Gasteiger partial charge in [-0.05, 0) is 11.9 Å². The van der Waals surface area contributed by atoms with Crippen molar-refractivity contribution in [3.8, 4) is 0 Å². The Balaban J connectivity index is 3.33. The Bertz CT molecular complexity index is 89.7. The molecule has 0 aliphatic heterocycles. The highest BCUT2D eigenvalue weighted by Gasteiger charge is 1.47. The van der Waals surface area contributed by atoms with E-state index in [1.54, 1.807) is 11.8 Å². The molecule has 0 rings (SSSR count). The molecule has 0 aromatic heterocycles. The van der Waals surface area contributed by atoms with Gasteiger partial charge in [-0.2, -0.15) is 0 Å². The SMILES string of the molecule is N=C=C/C=C/[Si]. The summed E-state index contributed by atoms with van der Waals surface area (Å²) in [7, 11) is 3.06. The van der Waals surface area contributed by atoms with Crippen LogP contribution < -0.4 is 0 Å². The molecule has 0 aliphatic carbocycles. The summed E-state index contributed by atoms with van der Waals surface area (Å²) in [6.45, 7) is 0. The summed E-state index contributed by atoms with van der Waals surface area (Å²) < 4.78 is 0. The van der Waals surface area contributed by atoms with Crippen LogP contribution in [0.5, 0.6) is 0 Å². The zero-order chi connectivity index (χ0) is 4.83. The van der Waals surface area contributed by atoms with Crippen molar-refractivity contribution in [2.24, 2.45) is 0 Å². The van der Waals surface area contributed by atoms with Crippen molar-refractivity contribution >= 4 is 16.1 Å². The van der Waals surface area contributed by atoms with Crippen LogP contribution >= 0.6 is 0 Å². The zero-order valence-corrected chi connectivity index (χ0v) is 4.23. The van der Waals surface area contributed by atoms with Gasteiger partial charge in [-0.3, -0.25) is 5.41 Å². The van der Waals surface area contributed by atoms with Crippen molar-refractivity contribution in [3.63, 3.8) is 0 Å². The Labute approximate surface area is 40.3 Å². The van der Waals surface area contributed by atoms with E-state index in [2.05, 4.69) is 16.1 Å².